The van der Waals surface area contributed by atoms with Gasteiger partial charge in [0.05, 0.1) is 12.0 Å². The summed E-state index contributed by atoms with van der Waals surface area (Å²) in [6.45, 7) is 0. The monoisotopic (exact) mass is 479 g/mol. The third kappa shape index (κ3) is 3.86. The number of nitrogens with zero attached hydrogens (tertiary/aromatic N) is 1. The van der Waals surface area contributed by atoms with E-state index in [2.05, 4.69) is 0 Å². The van der Waals surface area contributed by atoms with Crippen molar-refractivity contribution < 1.29 is 22.7 Å². The summed E-state index contributed by atoms with van der Waals surface area (Å²) in [5.74, 6) is -0.478. The Kier molecular flexibility index (Phi) is 5.62. The second-order valence-electron chi connectivity index (χ2n) is 7.54. The molecule has 4 rings (SSSR count). The van der Waals surface area contributed by atoms with Crippen LogP contribution in [0.3, 0.4) is 0 Å². The Morgan fingerprint density at radius 3 is 2.26 bits per heavy atom. The first kappa shape index (κ1) is 21.9. The minimum Gasteiger partial charge on any atom is -0.496 e. The first-order chi connectivity index (χ1) is 14.7. The highest BCUT2D eigenvalue weighted by atomic mass is 35.5. The van der Waals surface area contributed by atoms with Crippen LogP contribution in [-0.4, -0.2) is 37.1 Å². The van der Waals surface area contributed by atoms with Crippen molar-refractivity contribution in [1.29, 1.82) is 0 Å². The molecule has 1 heterocycles. The van der Waals surface area contributed by atoms with Gasteiger partial charge in [0.15, 0.2) is 5.78 Å². The predicted molar refractivity (Wildman–Crippen MR) is 118 cm³/mol. The van der Waals surface area contributed by atoms with Gasteiger partial charge in [-0.2, -0.15) is 0 Å². The van der Waals surface area contributed by atoms with Crippen molar-refractivity contribution in [2.24, 2.45) is 0 Å². The van der Waals surface area contributed by atoms with Crippen molar-refractivity contribution in [3.63, 3.8) is 0 Å². The van der Waals surface area contributed by atoms with Gasteiger partial charge in [0, 0.05) is 27.6 Å². The summed E-state index contributed by atoms with van der Waals surface area (Å²) in [6, 6.07) is 10.5. The maximum absolute atomic E-state index is 13.5. The number of carbonyl (C=O) groups excluding carboxylic acids is 2. The van der Waals surface area contributed by atoms with Gasteiger partial charge < -0.3 is 4.74 Å². The highest BCUT2D eigenvalue weighted by molar-refractivity contribution is 7.89. The molecule has 1 spiro atoms. The number of carbonyl (C=O) groups is 2. The maximum Gasteiger partial charge on any atom is 0.267 e. The third-order valence-electron chi connectivity index (χ3n) is 5.59. The van der Waals surface area contributed by atoms with Gasteiger partial charge in [-0.1, -0.05) is 23.2 Å². The fraction of sp³-hybridized carbons (Fsp3) is 0.273. The van der Waals surface area contributed by atoms with Crippen molar-refractivity contribution in [3.05, 3.63) is 63.6 Å². The van der Waals surface area contributed by atoms with Gasteiger partial charge in [-0.05, 0) is 67.8 Å². The number of sulfonamides is 1. The summed E-state index contributed by atoms with van der Waals surface area (Å²) in [5, 5.41) is 0.807. The lowest BCUT2D eigenvalue weighted by molar-refractivity contribution is -0.131. The van der Waals surface area contributed by atoms with Crippen molar-refractivity contribution in [2.45, 2.75) is 36.1 Å². The molecule has 2 aliphatic rings. The molecule has 0 aromatic heterocycles. The fourth-order valence-electron chi connectivity index (χ4n) is 3.82. The number of halogens is 2. The third-order valence-corrected chi connectivity index (χ3v) is 7.94. The predicted octanol–water partition coefficient (Wildman–Crippen LogP) is 4.50. The number of Topliss-reactive ketones (excluding diaryl/α,β-unsaturated/α-hetero) is 1. The Morgan fingerprint density at radius 1 is 1.00 bits per heavy atom. The number of hydrogen-bond donors (Lipinski definition) is 0. The normalized spacial score (nSPS) is 19.6. The molecule has 1 amide bonds. The van der Waals surface area contributed by atoms with Crippen LogP contribution in [0.4, 0.5) is 0 Å². The van der Waals surface area contributed by atoms with E-state index in [1.54, 1.807) is 24.3 Å². The van der Waals surface area contributed by atoms with Crippen LogP contribution >= 0.6 is 23.2 Å². The second-order valence-corrected chi connectivity index (χ2v) is 10.2. The van der Waals surface area contributed by atoms with E-state index in [0.717, 1.165) is 4.31 Å². The van der Waals surface area contributed by atoms with Crippen LogP contribution in [0.25, 0.3) is 6.08 Å². The average Bonchev–Trinajstić information content (AvgIpc) is 3.53. The van der Waals surface area contributed by atoms with E-state index >= 15 is 0 Å². The van der Waals surface area contributed by atoms with E-state index in [-0.39, 0.29) is 29.1 Å². The Hall–Kier alpha value is -2.35. The van der Waals surface area contributed by atoms with Crippen LogP contribution < -0.4 is 4.74 Å². The van der Waals surface area contributed by atoms with Crippen LogP contribution in [0.2, 0.25) is 10.0 Å². The summed E-state index contributed by atoms with van der Waals surface area (Å²) >= 11 is 12.0. The van der Waals surface area contributed by atoms with E-state index < -0.39 is 21.5 Å². The lowest BCUT2D eigenvalue weighted by atomic mass is 10.0. The van der Waals surface area contributed by atoms with Crippen LogP contribution in [0.5, 0.6) is 5.75 Å². The first-order valence-electron chi connectivity index (χ1n) is 9.62. The summed E-state index contributed by atoms with van der Waals surface area (Å²) in [5.41, 5.74) is -0.583. The Morgan fingerprint density at radius 2 is 1.65 bits per heavy atom. The van der Waals surface area contributed by atoms with Gasteiger partial charge in [-0.15, -0.1) is 0 Å². The van der Waals surface area contributed by atoms with Crippen molar-refractivity contribution >= 4 is 51.0 Å². The number of methoxy groups -OCH3 is 1. The van der Waals surface area contributed by atoms with Gasteiger partial charge in [0.25, 0.3) is 15.9 Å². The quantitative estimate of drug-likeness (QED) is 0.603. The molecule has 1 saturated heterocycles. The molecular weight excluding hydrogens is 461 g/mol. The van der Waals surface area contributed by atoms with Gasteiger partial charge in [-0.25, -0.2) is 12.7 Å². The average molecular weight is 480 g/mol. The fourth-order valence-corrected chi connectivity index (χ4v) is 5.89. The van der Waals surface area contributed by atoms with Crippen LogP contribution in [0, 0.1) is 0 Å². The molecule has 0 radical (unpaired) electrons. The van der Waals surface area contributed by atoms with Crippen LogP contribution in [-0.2, 0) is 19.6 Å². The molecule has 2 aromatic carbocycles. The number of hydrogen-bond acceptors (Lipinski definition) is 5. The summed E-state index contributed by atoms with van der Waals surface area (Å²) in [7, 11) is -2.79. The number of ketones is 1. The molecule has 1 aliphatic heterocycles. The second kappa shape index (κ2) is 7.97. The zero-order valence-electron chi connectivity index (χ0n) is 16.6. The number of benzene rings is 2. The standard InChI is InChI=1S/C22H19Cl2NO5S/c1-30-19-8-5-17(24)13-15(19)12-14-2-9-20(26)22(10-11-22)25(21(14)27)31(28,29)18-6-3-16(23)4-7-18/h3-8,12-13H,2,9-11H2,1H3/b14-12+. The molecule has 0 atom stereocenters. The molecule has 0 N–H and O–H groups in total. The van der Waals surface area contributed by atoms with Crippen molar-refractivity contribution in [1.82, 2.24) is 4.31 Å². The molecule has 1 saturated carbocycles. The lowest BCUT2D eigenvalue weighted by Crippen LogP contribution is -2.49. The molecule has 6 nitrogen and oxygen atoms in total. The highest BCUT2D eigenvalue weighted by Gasteiger charge is 2.61. The van der Waals surface area contributed by atoms with Gasteiger partial charge >= 0.3 is 0 Å². The zero-order chi connectivity index (χ0) is 22.4. The molecule has 2 fully saturated rings. The van der Waals surface area contributed by atoms with Crippen LogP contribution in [0.15, 0.2) is 52.9 Å². The summed E-state index contributed by atoms with van der Waals surface area (Å²) in [4.78, 5) is 26.4. The Labute approximate surface area is 190 Å². The maximum atomic E-state index is 13.5. The highest BCUT2D eigenvalue weighted by Crippen LogP contribution is 2.49. The molecule has 9 heteroatoms. The van der Waals surface area contributed by atoms with Crippen LogP contribution in [0.1, 0.15) is 31.2 Å². The molecular formula is C22H19Cl2NO5S. The molecule has 31 heavy (non-hydrogen) atoms. The van der Waals surface area contributed by atoms with Gasteiger partial charge in [0.2, 0.25) is 0 Å². The van der Waals surface area contributed by atoms with E-state index in [1.807, 2.05) is 0 Å². The smallest absolute Gasteiger partial charge is 0.267 e. The number of ether oxygens (including phenoxy) is 1. The largest absolute Gasteiger partial charge is 0.496 e. The van der Waals surface area contributed by atoms with E-state index in [0.29, 0.717) is 34.2 Å². The SMILES string of the molecule is COc1ccc(Cl)cc1/C=C1\CCC(=O)C2(CC2)N(S(=O)(=O)c2ccc(Cl)cc2)C1=O. The summed E-state index contributed by atoms with van der Waals surface area (Å²) < 4.78 is 33.1. The molecule has 162 valence electrons. The minimum absolute atomic E-state index is 0.0765. The van der Waals surface area contributed by atoms with E-state index in [9.17, 15) is 18.0 Å². The van der Waals surface area contributed by atoms with Gasteiger partial charge in [0.1, 0.15) is 11.3 Å². The van der Waals surface area contributed by atoms with E-state index in [4.69, 9.17) is 27.9 Å². The summed E-state index contributed by atoms with van der Waals surface area (Å²) in [6.07, 6.45) is 2.39. The zero-order valence-corrected chi connectivity index (χ0v) is 18.9. The molecule has 0 unspecified atom stereocenters. The molecule has 0 bridgehead atoms. The Balaban J connectivity index is 1.84. The molecule has 2 aromatic rings. The Bertz CT molecular complexity index is 1200. The minimum atomic E-state index is -4.27. The number of amides is 1. The number of rotatable bonds is 4. The lowest BCUT2D eigenvalue weighted by Gasteiger charge is -2.28. The first-order valence-corrected chi connectivity index (χ1v) is 11.8. The van der Waals surface area contributed by atoms with Gasteiger partial charge in [-0.3, -0.25) is 9.59 Å². The topological polar surface area (TPSA) is 80.8 Å². The molecule has 1 aliphatic carbocycles. The van der Waals surface area contributed by atoms with Crippen molar-refractivity contribution in [2.75, 3.05) is 7.11 Å². The van der Waals surface area contributed by atoms with E-state index in [1.165, 1.54) is 31.4 Å². The van der Waals surface area contributed by atoms with Crippen molar-refractivity contribution in [3.8, 4) is 5.75 Å².